The molecule has 0 aromatic carbocycles. The molecule has 0 spiro atoms. The van der Waals surface area contributed by atoms with Gasteiger partial charge in [0, 0.05) is 17.8 Å². The summed E-state index contributed by atoms with van der Waals surface area (Å²) >= 11 is 0. The molecule has 1 N–H and O–H groups in total. The third kappa shape index (κ3) is 3.43. The van der Waals surface area contributed by atoms with Crippen LogP contribution in [0.15, 0.2) is 12.1 Å². The predicted molar refractivity (Wildman–Crippen MR) is 65.2 cm³/mol. The van der Waals surface area contributed by atoms with Gasteiger partial charge >= 0.3 is 5.97 Å². The van der Waals surface area contributed by atoms with Gasteiger partial charge in [-0.3, -0.25) is 9.78 Å². The Bertz CT molecular complexity index is 553. The van der Waals surface area contributed by atoms with Gasteiger partial charge < -0.3 is 9.84 Å². The molecule has 1 aromatic rings. The average molecular weight is 273 g/mol. The summed E-state index contributed by atoms with van der Waals surface area (Å²) in [6.07, 6.45) is 0. The van der Waals surface area contributed by atoms with Crippen LogP contribution in [-0.2, 0) is 20.4 Å². The third-order valence-corrected chi connectivity index (χ3v) is 4.43. The van der Waals surface area contributed by atoms with Crippen LogP contribution >= 0.6 is 0 Å². The maximum absolute atomic E-state index is 11.8. The number of carboxylic acid groups (broad SMARTS) is 1. The lowest BCUT2D eigenvalue weighted by molar-refractivity contribution is -0.136. The summed E-state index contributed by atoms with van der Waals surface area (Å²) in [5.74, 6) is -1.29. The lowest BCUT2D eigenvalue weighted by Crippen LogP contribution is -2.28. The summed E-state index contributed by atoms with van der Waals surface area (Å²) in [7, 11) is -2.31. The molecule has 0 aliphatic carbocycles. The lowest BCUT2D eigenvalue weighted by Gasteiger charge is -2.09. The molecular weight excluding hydrogens is 258 g/mol. The average Bonchev–Trinajstić information content (AvgIpc) is 2.26. The molecule has 1 rings (SSSR count). The van der Waals surface area contributed by atoms with Crippen LogP contribution in [0.2, 0.25) is 0 Å². The van der Waals surface area contributed by atoms with Crippen LogP contribution in [0.3, 0.4) is 0 Å². The molecule has 0 radical (unpaired) electrons. The molecule has 7 heteroatoms. The van der Waals surface area contributed by atoms with Crippen molar-refractivity contribution in [1.29, 1.82) is 0 Å². The fourth-order valence-electron chi connectivity index (χ4n) is 1.38. The molecule has 1 heterocycles. The van der Waals surface area contributed by atoms with Crippen molar-refractivity contribution in [2.24, 2.45) is 0 Å². The number of hydrogen-bond acceptors (Lipinski definition) is 5. The summed E-state index contributed by atoms with van der Waals surface area (Å²) in [6.45, 7) is 2.85. The Morgan fingerprint density at radius 2 is 2.11 bits per heavy atom. The smallest absolute Gasteiger partial charge is 0.321 e. The maximum atomic E-state index is 11.8. The lowest BCUT2D eigenvalue weighted by atomic mass is 10.3. The third-order valence-electron chi connectivity index (χ3n) is 2.45. The number of pyridine rings is 1. The van der Waals surface area contributed by atoms with Crippen LogP contribution < -0.4 is 4.74 Å². The normalized spacial score (nSPS) is 13.1. The van der Waals surface area contributed by atoms with Crippen molar-refractivity contribution in [3.8, 4) is 5.75 Å². The van der Waals surface area contributed by atoms with Gasteiger partial charge in [-0.25, -0.2) is 8.42 Å². The first-order chi connectivity index (χ1) is 8.26. The van der Waals surface area contributed by atoms with Crippen molar-refractivity contribution in [3.05, 3.63) is 23.5 Å². The molecule has 6 nitrogen and oxygen atoms in total. The monoisotopic (exact) mass is 273 g/mol. The molecule has 0 aliphatic heterocycles. The van der Waals surface area contributed by atoms with Crippen molar-refractivity contribution in [3.63, 3.8) is 0 Å². The van der Waals surface area contributed by atoms with Crippen molar-refractivity contribution in [1.82, 2.24) is 4.98 Å². The number of aliphatic carboxylic acids is 1. The summed E-state index contributed by atoms with van der Waals surface area (Å²) in [4.78, 5) is 14.8. The zero-order valence-electron chi connectivity index (χ0n) is 10.4. The summed E-state index contributed by atoms with van der Waals surface area (Å²) in [5, 5.41) is 7.27. The van der Waals surface area contributed by atoms with E-state index in [-0.39, 0.29) is 5.69 Å². The van der Waals surface area contributed by atoms with Crippen molar-refractivity contribution >= 4 is 15.8 Å². The molecule has 0 amide bonds. The number of sulfone groups is 1. The van der Waals surface area contributed by atoms with Crippen LogP contribution in [0.25, 0.3) is 0 Å². The number of nitrogens with zero attached hydrogens (tertiary/aromatic N) is 1. The predicted octanol–water partition coefficient (Wildman–Crippen LogP) is 0.787. The second-order valence-corrected chi connectivity index (χ2v) is 6.25. The van der Waals surface area contributed by atoms with Crippen molar-refractivity contribution < 1.29 is 23.1 Å². The number of aryl methyl sites for hydroxylation is 1. The first-order valence-electron chi connectivity index (χ1n) is 5.22. The summed E-state index contributed by atoms with van der Waals surface area (Å²) in [5.41, 5.74) is 0.891. The van der Waals surface area contributed by atoms with Gasteiger partial charge in [-0.1, -0.05) is 0 Å². The molecular formula is C11H15NO5S. The van der Waals surface area contributed by atoms with Gasteiger partial charge in [0.1, 0.15) is 5.75 Å². The number of carboxylic acids is 1. The Kier molecular flexibility index (Phi) is 4.28. The number of carbonyl (C=O) groups is 1. The zero-order valence-corrected chi connectivity index (χ0v) is 11.2. The second kappa shape index (κ2) is 5.34. The van der Waals surface area contributed by atoms with E-state index in [0.29, 0.717) is 11.4 Å². The minimum atomic E-state index is -3.77. The van der Waals surface area contributed by atoms with E-state index in [1.165, 1.54) is 13.2 Å². The molecule has 0 bridgehead atoms. The van der Waals surface area contributed by atoms with E-state index in [2.05, 4.69) is 4.98 Å². The zero-order chi connectivity index (χ0) is 13.9. The van der Waals surface area contributed by atoms with E-state index in [1.807, 2.05) is 0 Å². The summed E-state index contributed by atoms with van der Waals surface area (Å²) < 4.78 is 28.6. The number of rotatable bonds is 5. The van der Waals surface area contributed by atoms with Crippen LogP contribution in [0.1, 0.15) is 18.3 Å². The quantitative estimate of drug-likeness (QED) is 0.852. The molecule has 0 saturated heterocycles. The van der Waals surface area contributed by atoms with Crippen LogP contribution in [0, 0.1) is 6.92 Å². The van der Waals surface area contributed by atoms with Gasteiger partial charge in [0.2, 0.25) is 0 Å². The number of hydrogen-bond donors (Lipinski definition) is 1. The highest BCUT2D eigenvalue weighted by molar-refractivity contribution is 7.91. The number of ether oxygens (including phenoxy) is 1. The first-order valence-corrected chi connectivity index (χ1v) is 6.93. The maximum Gasteiger partial charge on any atom is 0.321 e. The molecule has 18 heavy (non-hydrogen) atoms. The summed E-state index contributed by atoms with van der Waals surface area (Å²) in [6, 6.07) is 3.15. The molecule has 100 valence electrons. The Labute approximate surface area is 106 Å². The number of methoxy groups -OCH3 is 1. The minimum absolute atomic E-state index is 0.278. The molecule has 1 unspecified atom stereocenters. The van der Waals surface area contributed by atoms with E-state index >= 15 is 0 Å². The van der Waals surface area contributed by atoms with E-state index in [4.69, 9.17) is 9.84 Å². The Hall–Kier alpha value is -1.63. The number of aromatic nitrogens is 1. The fraction of sp³-hybridized carbons (Fsp3) is 0.455. The Morgan fingerprint density at radius 3 is 2.61 bits per heavy atom. The first kappa shape index (κ1) is 14.4. The van der Waals surface area contributed by atoms with Gasteiger partial charge in [0.05, 0.1) is 18.6 Å². The van der Waals surface area contributed by atoms with E-state index < -0.39 is 26.8 Å². The van der Waals surface area contributed by atoms with Crippen molar-refractivity contribution in [2.75, 3.05) is 7.11 Å². The highest BCUT2D eigenvalue weighted by Gasteiger charge is 2.28. The second-order valence-electron chi connectivity index (χ2n) is 3.93. The van der Waals surface area contributed by atoms with E-state index in [9.17, 15) is 13.2 Å². The highest BCUT2D eigenvalue weighted by atomic mass is 32.2. The van der Waals surface area contributed by atoms with E-state index in [1.54, 1.807) is 13.0 Å². The molecule has 0 saturated carbocycles. The minimum Gasteiger partial charge on any atom is -0.497 e. The standard InChI is InChI=1S/C11H15NO5S/c1-7-4-10(17-3)5-9(12-7)6-18(15,16)8(2)11(13)14/h4-5,8H,6H2,1-3H3,(H,13,14). The van der Waals surface area contributed by atoms with Gasteiger partial charge in [0.15, 0.2) is 15.1 Å². The SMILES string of the molecule is COc1cc(C)nc(CS(=O)(=O)C(C)C(=O)O)c1. The van der Waals surface area contributed by atoms with Gasteiger partial charge in [-0.15, -0.1) is 0 Å². The van der Waals surface area contributed by atoms with Gasteiger partial charge in [-0.05, 0) is 13.8 Å². The largest absolute Gasteiger partial charge is 0.497 e. The molecule has 0 aliphatic rings. The molecule has 1 aromatic heterocycles. The van der Waals surface area contributed by atoms with Crippen LogP contribution in [0.5, 0.6) is 5.75 Å². The van der Waals surface area contributed by atoms with Gasteiger partial charge in [-0.2, -0.15) is 0 Å². The fourth-order valence-corrected chi connectivity index (χ4v) is 2.50. The van der Waals surface area contributed by atoms with Crippen molar-refractivity contribution in [2.45, 2.75) is 24.9 Å². The topological polar surface area (TPSA) is 93.6 Å². The van der Waals surface area contributed by atoms with E-state index in [0.717, 1.165) is 6.92 Å². The van der Waals surface area contributed by atoms with Crippen LogP contribution in [-0.4, -0.2) is 36.8 Å². The van der Waals surface area contributed by atoms with Gasteiger partial charge in [0.25, 0.3) is 0 Å². The molecule has 1 atom stereocenters. The Morgan fingerprint density at radius 1 is 1.50 bits per heavy atom. The molecule has 0 fully saturated rings. The Balaban J connectivity index is 3.04. The van der Waals surface area contributed by atoms with Crippen LogP contribution in [0.4, 0.5) is 0 Å². The highest BCUT2D eigenvalue weighted by Crippen LogP contribution is 2.17.